The van der Waals surface area contributed by atoms with E-state index in [4.69, 9.17) is 12.2 Å². The van der Waals surface area contributed by atoms with E-state index >= 15 is 0 Å². The highest BCUT2D eigenvalue weighted by molar-refractivity contribution is 7.71. The van der Waals surface area contributed by atoms with Crippen molar-refractivity contribution in [2.24, 2.45) is 0 Å². The molecule has 3 aromatic rings. The molecule has 1 N–H and O–H groups in total. The van der Waals surface area contributed by atoms with Crippen LogP contribution in [0.1, 0.15) is 11.1 Å². The number of aryl methyl sites for hydroxylation is 2. The van der Waals surface area contributed by atoms with Crippen molar-refractivity contribution in [2.45, 2.75) is 13.8 Å². The van der Waals surface area contributed by atoms with E-state index in [9.17, 15) is 0 Å². The van der Waals surface area contributed by atoms with Gasteiger partial charge in [-0.3, -0.25) is 0 Å². The first-order valence-corrected chi connectivity index (χ1v) is 6.98. The molecule has 0 saturated heterocycles. The van der Waals surface area contributed by atoms with Gasteiger partial charge in [0.05, 0.1) is 11.7 Å². The summed E-state index contributed by atoms with van der Waals surface area (Å²) in [5, 5.41) is 3.20. The van der Waals surface area contributed by atoms with Crippen LogP contribution in [-0.2, 0) is 0 Å². The van der Waals surface area contributed by atoms with Crippen LogP contribution in [0.15, 0.2) is 29.9 Å². The van der Waals surface area contributed by atoms with Crippen molar-refractivity contribution in [2.75, 3.05) is 0 Å². The fourth-order valence-corrected chi connectivity index (χ4v) is 3.44. The molecule has 0 bridgehead atoms. The predicted molar refractivity (Wildman–Crippen MR) is 79.7 cm³/mol. The second-order valence-electron chi connectivity index (χ2n) is 4.38. The molecule has 4 heteroatoms. The van der Waals surface area contributed by atoms with Crippen molar-refractivity contribution in [3.05, 3.63) is 45.7 Å². The van der Waals surface area contributed by atoms with Crippen LogP contribution in [0.3, 0.4) is 0 Å². The maximum absolute atomic E-state index is 5.38. The third kappa shape index (κ3) is 1.78. The second-order valence-corrected chi connectivity index (χ2v) is 5.65. The van der Waals surface area contributed by atoms with Crippen LogP contribution in [0.2, 0.25) is 0 Å². The summed E-state index contributed by atoms with van der Waals surface area (Å²) in [7, 11) is 0. The molecular formula is C14H12N2S2. The lowest BCUT2D eigenvalue weighted by Gasteiger charge is -2.05. The zero-order valence-corrected chi connectivity index (χ0v) is 11.8. The van der Waals surface area contributed by atoms with E-state index in [0.29, 0.717) is 0 Å². The quantitative estimate of drug-likeness (QED) is 0.654. The summed E-state index contributed by atoms with van der Waals surface area (Å²) < 4.78 is 0.760. The highest BCUT2D eigenvalue weighted by Crippen LogP contribution is 2.34. The Balaban J connectivity index is 2.35. The molecule has 0 aliphatic heterocycles. The molecule has 0 unspecified atom stereocenters. The van der Waals surface area contributed by atoms with Crippen molar-refractivity contribution in [1.82, 2.24) is 9.97 Å². The topological polar surface area (TPSA) is 28.7 Å². The normalized spacial score (nSPS) is 11.0. The van der Waals surface area contributed by atoms with Crippen LogP contribution in [-0.4, -0.2) is 9.97 Å². The van der Waals surface area contributed by atoms with Crippen molar-refractivity contribution in [1.29, 1.82) is 0 Å². The lowest BCUT2D eigenvalue weighted by Crippen LogP contribution is -1.85. The third-order valence-corrected chi connectivity index (χ3v) is 4.26. The molecule has 0 atom stereocenters. The monoisotopic (exact) mass is 272 g/mol. The van der Waals surface area contributed by atoms with Gasteiger partial charge >= 0.3 is 0 Å². The minimum absolute atomic E-state index is 0.760. The van der Waals surface area contributed by atoms with Gasteiger partial charge in [-0.25, -0.2) is 4.98 Å². The van der Waals surface area contributed by atoms with Gasteiger partial charge in [0.2, 0.25) is 0 Å². The van der Waals surface area contributed by atoms with E-state index in [1.807, 2.05) is 0 Å². The molecule has 0 saturated carbocycles. The first kappa shape index (κ1) is 11.6. The number of nitrogens with zero attached hydrogens (tertiary/aromatic N) is 1. The highest BCUT2D eigenvalue weighted by atomic mass is 32.1. The Morgan fingerprint density at radius 1 is 1.22 bits per heavy atom. The number of nitrogens with one attached hydrogen (secondary N) is 1. The number of aromatic nitrogens is 2. The molecular weight excluding hydrogens is 260 g/mol. The summed E-state index contributed by atoms with van der Waals surface area (Å²) in [5.74, 6) is 0. The predicted octanol–water partition coefficient (Wildman–Crippen LogP) is 4.64. The fraction of sp³-hybridized carbons (Fsp3) is 0.143. The minimum Gasteiger partial charge on any atom is -0.337 e. The first-order valence-electron chi connectivity index (χ1n) is 5.69. The molecule has 0 aliphatic rings. The van der Waals surface area contributed by atoms with Crippen molar-refractivity contribution in [3.8, 4) is 11.1 Å². The molecule has 0 spiro atoms. The average molecular weight is 272 g/mol. The number of rotatable bonds is 1. The van der Waals surface area contributed by atoms with Crippen LogP contribution < -0.4 is 0 Å². The summed E-state index contributed by atoms with van der Waals surface area (Å²) in [4.78, 5) is 8.34. The third-order valence-electron chi connectivity index (χ3n) is 3.05. The molecule has 2 heterocycles. The Bertz CT molecular complexity index is 784. The number of hydrogen-bond donors (Lipinski definition) is 1. The van der Waals surface area contributed by atoms with Gasteiger partial charge in [-0.2, -0.15) is 0 Å². The molecule has 90 valence electrons. The number of hydrogen-bond acceptors (Lipinski definition) is 3. The van der Waals surface area contributed by atoms with Gasteiger partial charge in [0.1, 0.15) is 9.47 Å². The van der Waals surface area contributed by atoms with E-state index < -0.39 is 0 Å². The van der Waals surface area contributed by atoms with Gasteiger partial charge in [0.15, 0.2) is 0 Å². The summed E-state index contributed by atoms with van der Waals surface area (Å²) in [6, 6.07) is 6.49. The zero-order chi connectivity index (χ0) is 12.7. The molecule has 0 amide bonds. The number of aromatic amines is 1. The van der Waals surface area contributed by atoms with Crippen molar-refractivity contribution >= 4 is 33.8 Å². The van der Waals surface area contributed by atoms with E-state index in [1.165, 1.54) is 22.3 Å². The molecule has 1 aromatic carbocycles. The number of benzene rings is 1. The number of H-pyrrole nitrogens is 1. The van der Waals surface area contributed by atoms with Crippen LogP contribution in [0.4, 0.5) is 0 Å². The smallest absolute Gasteiger partial charge is 0.128 e. The SMILES string of the molecule is Cc1ccc(-c2csc3nc[nH]c(=S)c23)c(C)c1. The first-order chi connectivity index (χ1) is 8.66. The summed E-state index contributed by atoms with van der Waals surface area (Å²) in [5.41, 5.74) is 4.97. The highest BCUT2D eigenvalue weighted by Gasteiger charge is 2.10. The maximum atomic E-state index is 5.38. The second kappa shape index (κ2) is 4.30. The molecule has 0 fully saturated rings. The number of thiophene rings is 1. The molecule has 3 rings (SSSR count). The van der Waals surface area contributed by atoms with Crippen LogP contribution in [0.25, 0.3) is 21.3 Å². The van der Waals surface area contributed by atoms with E-state index in [0.717, 1.165) is 14.9 Å². The molecule has 2 aromatic heterocycles. The van der Waals surface area contributed by atoms with Gasteiger partial charge in [-0.15, -0.1) is 11.3 Å². The molecule has 2 nitrogen and oxygen atoms in total. The lowest BCUT2D eigenvalue weighted by atomic mass is 9.99. The molecule has 18 heavy (non-hydrogen) atoms. The summed E-state index contributed by atoms with van der Waals surface area (Å²) in [6.07, 6.45) is 1.66. The van der Waals surface area contributed by atoms with Crippen molar-refractivity contribution < 1.29 is 0 Å². The van der Waals surface area contributed by atoms with Gasteiger partial charge in [-0.05, 0) is 25.0 Å². The lowest BCUT2D eigenvalue weighted by molar-refractivity contribution is 1.22. The van der Waals surface area contributed by atoms with Gasteiger partial charge < -0.3 is 4.98 Å². The Kier molecular flexibility index (Phi) is 2.76. The fourth-order valence-electron chi connectivity index (χ4n) is 2.20. The van der Waals surface area contributed by atoms with Crippen LogP contribution >= 0.6 is 23.6 Å². The van der Waals surface area contributed by atoms with E-state index in [1.54, 1.807) is 17.7 Å². The Hall–Kier alpha value is -1.52. The van der Waals surface area contributed by atoms with Gasteiger partial charge in [-0.1, -0.05) is 36.0 Å². The Labute approximate surface area is 114 Å². The van der Waals surface area contributed by atoms with E-state index in [-0.39, 0.29) is 0 Å². The summed E-state index contributed by atoms with van der Waals surface area (Å²) >= 11 is 7.01. The molecule has 0 aliphatic carbocycles. The average Bonchev–Trinajstić information content (AvgIpc) is 2.74. The standard InChI is InChI=1S/C14H12N2S2/c1-8-3-4-10(9(2)5-8)11-6-18-14-12(11)13(17)15-7-16-14/h3-7H,1-2H3,(H,15,16,17). The largest absolute Gasteiger partial charge is 0.337 e. The Morgan fingerprint density at radius 3 is 2.83 bits per heavy atom. The maximum Gasteiger partial charge on any atom is 0.128 e. The van der Waals surface area contributed by atoms with Crippen LogP contribution in [0, 0.1) is 18.5 Å². The summed E-state index contributed by atoms with van der Waals surface area (Å²) in [6.45, 7) is 4.24. The molecule has 0 radical (unpaired) electrons. The minimum atomic E-state index is 0.760. The van der Waals surface area contributed by atoms with Crippen LogP contribution in [0.5, 0.6) is 0 Å². The van der Waals surface area contributed by atoms with E-state index in [2.05, 4.69) is 47.4 Å². The van der Waals surface area contributed by atoms with Gasteiger partial charge in [0.25, 0.3) is 0 Å². The number of fused-ring (bicyclic) bond motifs is 1. The van der Waals surface area contributed by atoms with Gasteiger partial charge in [0, 0.05) is 10.9 Å². The zero-order valence-electron chi connectivity index (χ0n) is 10.2. The Morgan fingerprint density at radius 2 is 2.06 bits per heavy atom. The van der Waals surface area contributed by atoms with Crippen molar-refractivity contribution in [3.63, 3.8) is 0 Å².